The molecule has 0 fully saturated rings. The number of fused-ring (bicyclic) bond motifs is 1. The second-order valence-corrected chi connectivity index (χ2v) is 4.48. The molecule has 0 amide bonds. The van der Waals surface area contributed by atoms with Gasteiger partial charge in [-0.2, -0.15) is 0 Å². The van der Waals surface area contributed by atoms with Crippen LogP contribution in [0.1, 0.15) is 11.4 Å². The maximum absolute atomic E-state index is 5.66. The predicted molar refractivity (Wildman–Crippen MR) is 70.3 cm³/mol. The summed E-state index contributed by atoms with van der Waals surface area (Å²) in [6.45, 7) is 3.41. The van der Waals surface area contributed by atoms with Crippen molar-refractivity contribution >= 4 is 5.82 Å². The molecule has 0 radical (unpaired) electrons. The monoisotopic (exact) mass is 243 g/mol. The molecule has 0 saturated heterocycles. The molecule has 3 rings (SSSR count). The number of anilines is 1. The van der Waals surface area contributed by atoms with Crippen molar-refractivity contribution in [2.45, 2.75) is 19.5 Å². The van der Waals surface area contributed by atoms with Crippen LogP contribution < -0.4 is 10.6 Å². The third-order valence-corrected chi connectivity index (χ3v) is 3.33. The maximum Gasteiger partial charge on any atom is 0.132 e. The highest BCUT2D eigenvalue weighted by atomic mass is 15.3. The van der Waals surface area contributed by atoms with E-state index in [0.717, 1.165) is 37.7 Å². The molecule has 0 unspecified atom stereocenters. The highest BCUT2D eigenvalue weighted by Gasteiger charge is 2.19. The van der Waals surface area contributed by atoms with Gasteiger partial charge in [0.05, 0.1) is 6.54 Å². The minimum Gasteiger partial charge on any atom is -0.347 e. The molecule has 0 saturated carbocycles. The van der Waals surface area contributed by atoms with Crippen LogP contribution in [0, 0.1) is 0 Å². The van der Waals surface area contributed by atoms with Gasteiger partial charge >= 0.3 is 0 Å². The Balaban J connectivity index is 1.88. The van der Waals surface area contributed by atoms with Gasteiger partial charge in [0, 0.05) is 31.7 Å². The van der Waals surface area contributed by atoms with Gasteiger partial charge in [-0.3, -0.25) is 0 Å². The van der Waals surface area contributed by atoms with Gasteiger partial charge < -0.3 is 15.2 Å². The van der Waals surface area contributed by atoms with Crippen molar-refractivity contribution in [2.75, 3.05) is 18.0 Å². The lowest BCUT2D eigenvalue weighted by atomic mass is 10.1. The van der Waals surface area contributed by atoms with Gasteiger partial charge in [-0.1, -0.05) is 6.07 Å². The highest BCUT2D eigenvalue weighted by Crippen LogP contribution is 2.22. The lowest BCUT2D eigenvalue weighted by molar-refractivity contribution is 0.554. The zero-order chi connectivity index (χ0) is 12.4. The summed E-state index contributed by atoms with van der Waals surface area (Å²) in [5.41, 5.74) is 6.88. The van der Waals surface area contributed by atoms with Crippen molar-refractivity contribution in [1.82, 2.24) is 14.5 Å². The van der Waals surface area contributed by atoms with Crippen molar-refractivity contribution in [3.63, 3.8) is 0 Å². The van der Waals surface area contributed by atoms with E-state index in [1.165, 1.54) is 5.56 Å². The molecule has 1 aliphatic heterocycles. The molecule has 0 spiro atoms. The van der Waals surface area contributed by atoms with Gasteiger partial charge in [-0.15, -0.1) is 0 Å². The van der Waals surface area contributed by atoms with Gasteiger partial charge in [0.2, 0.25) is 0 Å². The molecule has 0 aromatic carbocycles. The number of hydrogen-bond acceptors (Lipinski definition) is 4. The van der Waals surface area contributed by atoms with E-state index in [1.54, 1.807) is 0 Å². The van der Waals surface area contributed by atoms with Gasteiger partial charge in [0.25, 0.3) is 0 Å². The zero-order valence-electron chi connectivity index (χ0n) is 10.3. The molecular formula is C13H17N5. The number of hydrogen-bond donors (Lipinski definition) is 1. The van der Waals surface area contributed by atoms with E-state index in [9.17, 15) is 0 Å². The smallest absolute Gasteiger partial charge is 0.132 e. The lowest BCUT2D eigenvalue weighted by Gasteiger charge is -2.30. The molecule has 0 aliphatic carbocycles. The van der Waals surface area contributed by atoms with Gasteiger partial charge in [0.15, 0.2) is 0 Å². The minimum absolute atomic E-state index is 0.654. The van der Waals surface area contributed by atoms with E-state index in [-0.39, 0.29) is 0 Å². The average molecular weight is 243 g/mol. The standard InChI is InChI=1S/C13H17N5/c14-4-3-11-2-1-5-16-13(11)18-9-8-17-7-6-15-12(17)10-18/h1-2,5-7H,3-4,8-10,14H2. The lowest BCUT2D eigenvalue weighted by Crippen LogP contribution is -2.35. The number of nitrogens with zero attached hydrogens (tertiary/aromatic N) is 4. The normalized spacial score (nSPS) is 14.6. The fourth-order valence-electron chi connectivity index (χ4n) is 2.42. The summed E-state index contributed by atoms with van der Waals surface area (Å²) in [6, 6.07) is 4.08. The van der Waals surface area contributed by atoms with E-state index >= 15 is 0 Å². The molecule has 2 aromatic rings. The minimum atomic E-state index is 0.654. The van der Waals surface area contributed by atoms with E-state index in [1.807, 2.05) is 24.7 Å². The third kappa shape index (κ3) is 1.97. The highest BCUT2D eigenvalue weighted by molar-refractivity contribution is 5.47. The number of nitrogens with two attached hydrogens (primary N) is 1. The SMILES string of the molecule is NCCc1cccnc1N1CCn2ccnc2C1. The molecule has 2 N–H and O–H groups in total. The topological polar surface area (TPSA) is 60.0 Å². The van der Waals surface area contributed by atoms with E-state index in [4.69, 9.17) is 5.73 Å². The molecular weight excluding hydrogens is 226 g/mol. The molecule has 5 heteroatoms. The van der Waals surface area contributed by atoms with Crippen molar-refractivity contribution in [3.05, 3.63) is 42.1 Å². The second-order valence-electron chi connectivity index (χ2n) is 4.48. The maximum atomic E-state index is 5.66. The van der Waals surface area contributed by atoms with Crippen LogP contribution in [0.4, 0.5) is 5.82 Å². The molecule has 94 valence electrons. The Hall–Kier alpha value is -1.88. The summed E-state index contributed by atoms with van der Waals surface area (Å²) >= 11 is 0. The third-order valence-electron chi connectivity index (χ3n) is 3.33. The van der Waals surface area contributed by atoms with Crippen molar-refractivity contribution in [1.29, 1.82) is 0 Å². The Morgan fingerprint density at radius 2 is 2.17 bits per heavy atom. The summed E-state index contributed by atoms with van der Waals surface area (Å²) < 4.78 is 2.20. The molecule has 18 heavy (non-hydrogen) atoms. The Morgan fingerprint density at radius 3 is 3.06 bits per heavy atom. The first kappa shape index (κ1) is 11.2. The van der Waals surface area contributed by atoms with Crippen LogP contribution in [-0.4, -0.2) is 27.6 Å². The Kier molecular flexibility index (Phi) is 2.98. The van der Waals surface area contributed by atoms with E-state index < -0.39 is 0 Å². The largest absolute Gasteiger partial charge is 0.347 e. The van der Waals surface area contributed by atoms with Crippen LogP contribution in [0.2, 0.25) is 0 Å². The Bertz CT molecular complexity index is 534. The molecule has 2 aromatic heterocycles. The van der Waals surface area contributed by atoms with Crippen LogP contribution in [0.5, 0.6) is 0 Å². The van der Waals surface area contributed by atoms with Gasteiger partial charge in [-0.25, -0.2) is 9.97 Å². The van der Waals surface area contributed by atoms with Crippen molar-refractivity contribution < 1.29 is 0 Å². The molecule has 0 bridgehead atoms. The quantitative estimate of drug-likeness (QED) is 0.866. The number of aromatic nitrogens is 3. The average Bonchev–Trinajstić information content (AvgIpc) is 2.87. The fourth-order valence-corrected chi connectivity index (χ4v) is 2.42. The summed E-state index contributed by atoms with van der Waals surface area (Å²) in [5.74, 6) is 2.16. The van der Waals surface area contributed by atoms with Crippen molar-refractivity contribution in [2.24, 2.45) is 5.73 Å². The Labute approximate surface area is 106 Å². The van der Waals surface area contributed by atoms with Crippen LogP contribution >= 0.6 is 0 Å². The second kappa shape index (κ2) is 4.78. The van der Waals surface area contributed by atoms with Gasteiger partial charge in [0.1, 0.15) is 11.6 Å². The fraction of sp³-hybridized carbons (Fsp3) is 0.385. The van der Waals surface area contributed by atoms with E-state index in [2.05, 4.69) is 25.5 Å². The molecule has 1 aliphatic rings. The predicted octanol–water partition coefficient (Wildman–Crippen LogP) is 0.799. The van der Waals surface area contributed by atoms with Crippen molar-refractivity contribution in [3.8, 4) is 0 Å². The number of rotatable bonds is 3. The van der Waals surface area contributed by atoms with Gasteiger partial charge in [-0.05, 0) is 24.6 Å². The van der Waals surface area contributed by atoms with Crippen LogP contribution in [0.3, 0.4) is 0 Å². The molecule has 5 nitrogen and oxygen atoms in total. The first-order valence-electron chi connectivity index (χ1n) is 6.27. The summed E-state index contributed by atoms with van der Waals surface area (Å²) in [7, 11) is 0. The summed E-state index contributed by atoms with van der Waals surface area (Å²) in [5, 5.41) is 0. The first-order valence-corrected chi connectivity index (χ1v) is 6.27. The molecule has 0 atom stereocenters. The first-order chi connectivity index (χ1) is 8.88. The molecule has 3 heterocycles. The van der Waals surface area contributed by atoms with Crippen LogP contribution in [0.15, 0.2) is 30.7 Å². The zero-order valence-corrected chi connectivity index (χ0v) is 10.3. The van der Waals surface area contributed by atoms with Crippen LogP contribution in [0.25, 0.3) is 0 Å². The summed E-state index contributed by atoms with van der Waals surface area (Å²) in [6.07, 6.45) is 6.61. The van der Waals surface area contributed by atoms with E-state index in [0.29, 0.717) is 6.54 Å². The Morgan fingerprint density at radius 1 is 1.22 bits per heavy atom. The van der Waals surface area contributed by atoms with Crippen LogP contribution in [-0.2, 0) is 19.5 Å². The number of pyridine rings is 1. The number of imidazole rings is 1. The summed E-state index contributed by atoms with van der Waals surface area (Å²) in [4.78, 5) is 11.2.